The number of hydrogen-bond acceptors (Lipinski definition) is 6. The van der Waals surface area contributed by atoms with Crippen LogP contribution in [0.1, 0.15) is 31.3 Å². The zero-order valence-corrected chi connectivity index (χ0v) is 15.8. The largest absolute Gasteiger partial charge is 0.459 e. The molecule has 0 saturated carbocycles. The smallest absolute Gasteiger partial charge is 0.329 e. The van der Waals surface area contributed by atoms with Gasteiger partial charge in [-0.2, -0.15) is 0 Å². The molecule has 144 valence electrons. The zero-order valence-electron chi connectivity index (χ0n) is 15.1. The van der Waals surface area contributed by atoms with Crippen molar-refractivity contribution in [3.8, 4) is 0 Å². The Kier molecular flexibility index (Phi) is 6.95. The molecule has 0 aliphatic heterocycles. The highest BCUT2D eigenvalue weighted by molar-refractivity contribution is 6.32. The molecule has 0 bridgehead atoms. The van der Waals surface area contributed by atoms with Gasteiger partial charge in [-0.15, -0.1) is 0 Å². The van der Waals surface area contributed by atoms with Crippen molar-refractivity contribution in [1.29, 1.82) is 0 Å². The summed E-state index contributed by atoms with van der Waals surface area (Å²) in [5.41, 5.74) is 0.304. The number of rotatable bonds is 7. The third kappa shape index (κ3) is 5.55. The van der Waals surface area contributed by atoms with E-state index < -0.39 is 29.9 Å². The Morgan fingerprint density at radius 2 is 1.93 bits per heavy atom. The van der Waals surface area contributed by atoms with E-state index in [0.717, 1.165) is 0 Å². The fourth-order valence-corrected chi connectivity index (χ4v) is 2.30. The number of ether oxygens (including phenoxy) is 1. The van der Waals surface area contributed by atoms with Gasteiger partial charge >= 0.3 is 5.97 Å². The molecular weight excluding hydrogens is 374 g/mol. The molecule has 0 fully saturated rings. The van der Waals surface area contributed by atoms with Gasteiger partial charge in [0.2, 0.25) is 0 Å². The van der Waals surface area contributed by atoms with E-state index in [1.165, 1.54) is 25.5 Å². The highest BCUT2D eigenvalue weighted by atomic mass is 35.5. The molecule has 9 heteroatoms. The lowest BCUT2D eigenvalue weighted by Crippen LogP contribution is -2.47. The third-order valence-corrected chi connectivity index (χ3v) is 3.93. The monoisotopic (exact) mass is 393 g/mol. The number of carbonyl (C=O) groups is 3. The molecule has 2 aromatic heterocycles. The number of furan rings is 1. The molecule has 2 aromatic rings. The van der Waals surface area contributed by atoms with Crippen molar-refractivity contribution in [3.05, 3.63) is 47.6 Å². The van der Waals surface area contributed by atoms with Gasteiger partial charge in [-0.3, -0.25) is 9.59 Å². The zero-order chi connectivity index (χ0) is 20.0. The van der Waals surface area contributed by atoms with Gasteiger partial charge in [-0.1, -0.05) is 25.4 Å². The molecule has 8 nitrogen and oxygen atoms in total. The fourth-order valence-electron chi connectivity index (χ4n) is 2.13. The highest BCUT2D eigenvalue weighted by Crippen LogP contribution is 2.18. The van der Waals surface area contributed by atoms with Crippen LogP contribution in [0.3, 0.4) is 0 Å². The summed E-state index contributed by atoms with van der Waals surface area (Å²) in [5, 5.41) is 5.21. The van der Waals surface area contributed by atoms with Gasteiger partial charge in [0.05, 0.1) is 12.0 Å². The number of amides is 2. The van der Waals surface area contributed by atoms with E-state index in [1.807, 2.05) is 0 Å². The van der Waals surface area contributed by atoms with Crippen LogP contribution in [0, 0.1) is 5.92 Å². The quantitative estimate of drug-likeness (QED) is 0.552. The number of hydrogen-bond donors (Lipinski definition) is 2. The van der Waals surface area contributed by atoms with Crippen molar-refractivity contribution in [2.75, 3.05) is 5.32 Å². The Bertz CT molecular complexity index is 807. The summed E-state index contributed by atoms with van der Waals surface area (Å²) in [6.07, 6.45) is 1.74. The maximum Gasteiger partial charge on any atom is 0.329 e. The van der Waals surface area contributed by atoms with Gasteiger partial charge in [0.25, 0.3) is 11.8 Å². The minimum Gasteiger partial charge on any atom is -0.459 e. The van der Waals surface area contributed by atoms with E-state index >= 15 is 0 Å². The number of aromatic nitrogens is 1. The Morgan fingerprint density at radius 3 is 2.52 bits per heavy atom. The van der Waals surface area contributed by atoms with E-state index in [1.54, 1.807) is 32.0 Å². The van der Waals surface area contributed by atoms with Crippen LogP contribution in [-0.2, 0) is 14.3 Å². The van der Waals surface area contributed by atoms with Crippen molar-refractivity contribution in [1.82, 2.24) is 10.3 Å². The molecule has 27 heavy (non-hydrogen) atoms. The number of pyridine rings is 1. The maximum atomic E-state index is 12.4. The molecule has 2 rings (SSSR count). The molecule has 2 amide bonds. The van der Waals surface area contributed by atoms with Crippen LogP contribution < -0.4 is 10.6 Å². The Morgan fingerprint density at radius 1 is 1.19 bits per heavy atom. The lowest BCUT2D eigenvalue weighted by molar-refractivity contribution is -0.156. The molecule has 0 aliphatic carbocycles. The first kappa shape index (κ1) is 20.4. The predicted molar refractivity (Wildman–Crippen MR) is 98.2 cm³/mol. The van der Waals surface area contributed by atoms with Gasteiger partial charge in [0, 0.05) is 6.20 Å². The SMILES string of the molecule is CC(C)[C@H](NC(=O)c1ccco1)C(=O)O[C@H](C)C(=O)Nc1cccnc1Cl. The number of carbonyl (C=O) groups excluding carboxylic acids is 3. The molecule has 0 unspecified atom stereocenters. The molecule has 0 aliphatic rings. The lowest BCUT2D eigenvalue weighted by Gasteiger charge is -2.22. The number of anilines is 1. The average Bonchev–Trinajstić information content (AvgIpc) is 3.15. The van der Waals surface area contributed by atoms with E-state index in [4.69, 9.17) is 20.8 Å². The summed E-state index contributed by atoms with van der Waals surface area (Å²) >= 11 is 5.89. The Hall–Kier alpha value is -2.87. The molecule has 0 aromatic carbocycles. The third-order valence-electron chi connectivity index (χ3n) is 3.63. The summed E-state index contributed by atoms with van der Waals surface area (Å²) in [5.74, 6) is -2.04. The van der Waals surface area contributed by atoms with E-state index in [-0.39, 0.29) is 16.8 Å². The van der Waals surface area contributed by atoms with Crippen LogP contribution in [0.15, 0.2) is 41.1 Å². The van der Waals surface area contributed by atoms with Crippen LogP contribution >= 0.6 is 11.6 Å². The summed E-state index contributed by atoms with van der Waals surface area (Å²) in [7, 11) is 0. The number of esters is 1. The van der Waals surface area contributed by atoms with Gasteiger partial charge < -0.3 is 19.8 Å². The van der Waals surface area contributed by atoms with Crippen molar-refractivity contribution in [2.45, 2.75) is 32.9 Å². The van der Waals surface area contributed by atoms with Crippen LogP contribution in [0.5, 0.6) is 0 Å². The molecule has 2 atom stereocenters. The normalized spacial score (nSPS) is 12.9. The molecule has 0 radical (unpaired) electrons. The summed E-state index contributed by atoms with van der Waals surface area (Å²) in [6, 6.07) is 5.28. The van der Waals surface area contributed by atoms with Gasteiger partial charge in [-0.05, 0) is 37.1 Å². The number of nitrogens with zero attached hydrogens (tertiary/aromatic N) is 1. The Balaban J connectivity index is 1.98. The van der Waals surface area contributed by atoms with Gasteiger partial charge in [0.15, 0.2) is 17.0 Å². The first-order valence-electron chi connectivity index (χ1n) is 8.25. The summed E-state index contributed by atoms with van der Waals surface area (Å²) in [4.78, 5) is 40.6. The second kappa shape index (κ2) is 9.18. The predicted octanol–water partition coefficient (Wildman–Crippen LogP) is 2.65. The molecule has 2 heterocycles. The minimum absolute atomic E-state index is 0.0745. The van der Waals surface area contributed by atoms with Crippen LogP contribution in [0.4, 0.5) is 5.69 Å². The molecular formula is C18H20ClN3O5. The van der Waals surface area contributed by atoms with Crippen molar-refractivity contribution < 1.29 is 23.5 Å². The van der Waals surface area contributed by atoms with Gasteiger partial charge in [0.1, 0.15) is 6.04 Å². The van der Waals surface area contributed by atoms with E-state index in [9.17, 15) is 14.4 Å². The van der Waals surface area contributed by atoms with E-state index in [2.05, 4.69) is 15.6 Å². The maximum absolute atomic E-state index is 12.4. The summed E-state index contributed by atoms with van der Waals surface area (Å²) in [6.45, 7) is 4.91. The number of halogens is 1. The van der Waals surface area contributed by atoms with Crippen LogP contribution in [0.2, 0.25) is 5.15 Å². The lowest BCUT2D eigenvalue weighted by atomic mass is 10.0. The second-order valence-electron chi connectivity index (χ2n) is 6.08. The van der Waals surface area contributed by atoms with Crippen molar-refractivity contribution in [2.24, 2.45) is 5.92 Å². The van der Waals surface area contributed by atoms with E-state index in [0.29, 0.717) is 5.69 Å². The molecule has 0 saturated heterocycles. The number of nitrogens with one attached hydrogen (secondary N) is 2. The molecule has 0 spiro atoms. The first-order chi connectivity index (χ1) is 12.8. The summed E-state index contributed by atoms with van der Waals surface area (Å²) < 4.78 is 10.2. The fraction of sp³-hybridized carbons (Fsp3) is 0.333. The topological polar surface area (TPSA) is 111 Å². The minimum atomic E-state index is -1.10. The first-order valence-corrected chi connectivity index (χ1v) is 8.63. The average molecular weight is 394 g/mol. The highest BCUT2D eigenvalue weighted by Gasteiger charge is 2.30. The molecule has 2 N–H and O–H groups in total. The Labute approximate surface area is 161 Å². The van der Waals surface area contributed by atoms with Crippen LogP contribution in [-0.4, -0.2) is 34.9 Å². The van der Waals surface area contributed by atoms with Crippen molar-refractivity contribution >= 4 is 35.1 Å². The second-order valence-corrected chi connectivity index (χ2v) is 6.44. The standard InChI is InChI=1S/C18H20ClN3O5/c1-10(2)14(22-17(24)13-7-5-9-26-13)18(25)27-11(3)16(23)21-12-6-4-8-20-15(12)19/h4-11,14H,1-3H3,(H,21,23)(H,22,24)/t11-,14+/m1/s1. The van der Waals surface area contributed by atoms with Gasteiger partial charge in [-0.25, -0.2) is 9.78 Å². The van der Waals surface area contributed by atoms with Crippen LogP contribution in [0.25, 0.3) is 0 Å². The van der Waals surface area contributed by atoms with Crippen molar-refractivity contribution in [3.63, 3.8) is 0 Å².